The van der Waals surface area contributed by atoms with Crippen LogP contribution in [0.3, 0.4) is 0 Å². The number of rotatable bonds is 0. The number of ketones is 1. The van der Waals surface area contributed by atoms with Gasteiger partial charge in [-0.3, -0.25) is 4.79 Å². The Labute approximate surface area is 75.1 Å². The van der Waals surface area contributed by atoms with E-state index in [1.54, 1.807) is 6.07 Å². The number of hydrogen-bond acceptors (Lipinski definition) is 2. The molecule has 2 rings (SSSR count). The van der Waals surface area contributed by atoms with Crippen LogP contribution in [0.15, 0.2) is 12.1 Å². The summed E-state index contributed by atoms with van der Waals surface area (Å²) in [6.45, 7) is 2.00. The predicted molar refractivity (Wildman–Crippen MR) is 46.0 cm³/mol. The molecule has 12 heavy (non-hydrogen) atoms. The van der Waals surface area contributed by atoms with Crippen LogP contribution in [0.1, 0.15) is 15.9 Å². The Hall–Kier alpha value is -1.02. The van der Waals surface area contributed by atoms with Crippen LogP contribution in [-0.2, 0) is 0 Å². The lowest BCUT2D eigenvalue weighted by Crippen LogP contribution is -2.00. The molecule has 0 saturated heterocycles. The largest absolute Gasteiger partial charge is 0.483 e. The Balaban J connectivity index is 2.72. The maximum Gasteiger partial charge on any atom is 0.204 e. The molecule has 0 fully saturated rings. The molecular weight excluding hydrogens is 176 g/mol. The molecule has 0 unspecified atom stereocenters. The second-order valence-electron chi connectivity index (χ2n) is 2.78. The lowest BCUT2D eigenvalue weighted by Gasteiger charge is -2.01. The zero-order chi connectivity index (χ0) is 8.72. The normalized spacial score (nSPS) is 14.3. The van der Waals surface area contributed by atoms with Gasteiger partial charge in [0.1, 0.15) is 5.75 Å². The molecular formula is C9H7ClO2. The van der Waals surface area contributed by atoms with Crippen molar-refractivity contribution in [3.63, 3.8) is 0 Å². The maximum atomic E-state index is 11.3. The number of aryl methyl sites for hydroxylation is 1. The molecule has 0 bridgehead atoms. The zero-order valence-corrected chi connectivity index (χ0v) is 7.31. The quantitative estimate of drug-likeness (QED) is 0.615. The molecule has 0 saturated carbocycles. The van der Waals surface area contributed by atoms with Crippen molar-refractivity contribution in [1.29, 1.82) is 0 Å². The third kappa shape index (κ3) is 0.916. The van der Waals surface area contributed by atoms with Gasteiger partial charge in [0.2, 0.25) is 5.78 Å². The fourth-order valence-electron chi connectivity index (χ4n) is 1.35. The van der Waals surface area contributed by atoms with E-state index >= 15 is 0 Å². The Morgan fingerprint density at radius 1 is 1.50 bits per heavy atom. The number of Topliss-reactive ketones (excluding diaryl/α,β-unsaturated/α-hetero) is 1. The van der Waals surface area contributed by atoms with E-state index < -0.39 is 0 Å². The Morgan fingerprint density at radius 3 is 2.92 bits per heavy atom. The van der Waals surface area contributed by atoms with Gasteiger partial charge in [-0.2, -0.15) is 0 Å². The highest BCUT2D eigenvalue weighted by molar-refractivity contribution is 6.33. The molecule has 0 N–H and O–H groups in total. The lowest BCUT2D eigenvalue weighted by molar-refractivity contribution is 0.0961. The first-order chi connectivity index (χ1) is 5.70. The van der Waals surface area contributed by atoms with Crippen molar-refractivity contribution in [2.75, 3.05) is 6.61 Å². The third-order valence-electron chi connectivity index (χ3n) is 1.94. The lowest BCUT2D eigenvalue weighted by atomic mass is 10.1. The van der Waals surface area contributed by atoms with Gasteiger partial charge in [-0.25, -0.2) is 0 Å². The van der Waals surface area contributed by atoms with Gasteiger partial charge in [0.15, 0.2) is 6.61 Å². The van der Waals surface area contributed by atoms with Gasteiger partial charge in [-0.05, 0) is 18.6 Å². The Bertz CT molecular complexity index is 358. The number of ether oxygens (including phenoxy) is 1. The summed E-state index contributed by atoms with van der Waals surface area (Å²) in [5, 5.41) is 0.515. The first-order valence-corrected chi connectivity index (χ1v) is 4.03. The molecule has 0 amide bonds. The minimum absolute atomic E-state index is 0.0185. The third-order valence-corrected chi connectivity index (χ3v) is 2.24. The monoisotopic (exact) mass is 182 g/mol. The molecule has 0 radical (unpaired) electrons. The number of hydrogen-bond donors (Lipinski definition) is 0. The highest BCUT2D eigenvalue weighted by atomic mass is 35.5. The fraction of sp³-hybridized carbons (Fsp3) is 0.222. The van der Waals surface area contributed by atoms with Gasteiger partial charge in [-0.1, -0.05) is 17.7 Å². The van der Waals surface area contributed by atoms with Crippen LogP contribution in [0.4, 0.5) is 0 Å². The molecule has 0 spiro atoms. The summed E-state index contributed by atoms with van der Waals surface area (Å²) in [5.41, 5.74) is 1.57. The van der Waals surface area contributed by atoms with Crippen molar-refractivity contribution in [3.05, 3.63) is 28.3 Å². The van der Waals surface area contributed by atoms with E-state index in [0.717, 1.165) is 5.56 Å². The van der Waals surface area contributed by atoms with E-state index in [-0.39, 0.29) is 12.4 Å². The standard InChI is InChI=1S/C9H7ClO2/c1-5-2-3-6(10)9-8(5)7(11)4-12-9/h2-3H,4H2,1H3. The molecule has 1 aromatic rings. The molecule has 0 atom stereocenters. The molecule has 1 aliphatic heterocycles. The summed E-state index contributed by atoms with van der Waals surface area (Å²) in [5.74, 6) is 0.562. The van der Waals surface area contributed by atoms with Gasteiger partial charge in [0.05, 0.1) is 10.6 Å². The van der Waals surface area contributed by atoms with Crippen molar-refractivity contribution in [3.8, 4) is 5.75 Å². The highest BCUT2D eigenvalue weighted by Crippen LogP contribution is 2.35. The number of carbonyl (C=O) groups excluding carboxylic acids is 1. The molecule has 0 aromatic heterocycles. The SMILES string of the molecule is Cc1ccc(Cl)c2c1C(=O)CO2. The summed E-state index contributed by atoms with van der Waals surface area (Å²) < 4.78 is 5.14. The number of halogens is 1. The molecule has 62 valence electrons. The van der Waals surface area contributed by atoms with Crippen LogP contribution < -0.4 is 4.74 Å². The Kier molecular flexibility index (Phi) is 1.58. The Morgan fingerprint density at radius 2 is 2.25 bits per heavy atom. The average molecular weight is 183 g/mol. The number of fused-ring (bicyclic) bond motifs is 1. The molecule has 1 heterocycles. The second-order valence-corrected chi connectivity index (χ2v) is 3.19. The average Bonchev–Trinajstić information content (AvgIpc) is 2.42. The maximum absolute atomic E-state index is 11.3. The van der Waals surface area contributed by atoms with E-state index in [0.29, 0.717) is 16.3 Å². The van der Waals surface area contributed by atoms with Gasteiger partial charge in [0.25, 0.3) is 0 Å². The van der Waals surface area contributed by atoms with Crippen LogP contribution in [0, 0.1) is 6.92 Å². The molecule has 1 aromatic carbocycles. The summed E-state index contributed by atoms with van der Waals surface area (Å²) >= 11 is 5.83. The van der Waals surface area contributed by atoms with Gasteiger partial charge < -0.3 is 4.74 Å². The number of carbonyl (C=O) groups is 1. The summed E-state index contributed by atoms with van der Waals surface area (Å²) in [4.78, 5) is 11.3. The first kappa shape index (κ1) is 7.62. The van der Waals surface area contributed by atoms with Crippen LogP contribution in [-0.4, -0.2) is 12.4 Å². The highest BCUT2D eigenvalue weighted by Gasteiger charge is 2.25. The molecule has 3 heteroatoms. The van der Waals surface area contributed by atoms with Gasteiger partial charge in [-0.15, -0.1) is 0 Å². The fourth-order valence-corrected chi connectivity index (χ4v) is 1.57. The van der Waals surface area contributed by atoms with Crippen LogP contribution in [0.5, 0.6) is 5.75 Å². The predicted octanol–water partition coefficient (Wildman–Crippen LogP) is 2.22. The van der Waals surface area contributed by atoms with Crippen molar-refractivity contribution < 1.29 is 9.53 Å². The first-order valence-electron chi connectivity index (χ1n) is 3.65. The number of benzene rings is 1. The summed E-state index contributed by atoms with van der Waals surface area (Å²) in [6, 6.07) is 3.57. The molecule has 0 aliphatic carbocycles. The van der Waals surface area contributed by atoms with Crippen molar-refractivity contribution in [2.45, 2.75) is 6.92 Å². The van der Waals surface area contributed by atoms with E-state index in [1.807, 2.05) is 13.0 Å². The minimum Gasteiger partial charge on any atom is -0.483 e. The van der Waals surface area contributed by atoms with E-state index in [9.17, 15) is 4.79 Å². The van der Waals surface area contributed by atoms with Crippen LogP contribution >= 0.6 is 11.6 Å². The molecule has 2 nitrogen and oxygen atoms in total. The van der Waals surface area contributed by atoms with Crippen molar-refractivity contribution in [2.24, 2.45) is 0 Å². The van der Waals surface area contributed by atoms with Gasteiger partial charge in [0, 0.05) is 0 Å². The zero-order valence-electron chi connectivity index (χ0n) is 6.56. The molecule has 1 aliphatic rings. The van der Waals surface area contributed by atoms with Crippen LogP contribution in [0.2, 0.25) is 5.02 Å². The second kappa shape index (κ2) is 2.49. The topological polar surface area (TPSA) is 26.3 Å². The van der Waals surface area contributed by atoms with Crippen LogP contribution in [0.25, 0.3) is 0 Å². The van der Waals surface area contributed by atoms with Crippen molar-refractivity contribution >= 4 is 17.4 Å². The van der Waals surface area contributed by atoms with Crippen molar-refractivity contribution in [1.82, 2.24) is 0 Å². The smallest absolute Gasteiger partial charge is 0.204 e. The van der Waals surface area contributed by atoms with Gasteiger partial charge >= 0.3 is 0 Å². The van der Waals surface area contributed by atoms with E-state index in [4.69, 9.17) is 16.3 Å². The van der Waals surface area contributed by atoms with E-state index in [1.165, 1.54) is 0 Å². The summed E-state index contributed by atoms with van der Waals surface area (Å²) in [6.07, 6.45) is 0. The van der Waals surface area contributed by atoms with E-state index in [2.05, 4.69) is 0 Å². The minimum atomic E-state index is 0.0185. The summed E-state index contributed by atoms with van der Waals surface area (Å²) in [7, 11) is 0.